The summed E-state index contributed by atoms with van der Waals surface area (Å²) in [5.74, 6) is -0.863. The van der Waals surface area contributed by atoms with Crippen LogP contribution in [0.4, 0.5) is 5.00 Å². The zero-order valence-corrected chi connectivity index (χ0v) is 6.76. The smallest absolute Gasteiger partial charge is 0.325 e. The van der Waals surface area contributed by atoms with E-state index in [1.54, 1.807) is 18.6 Å². The Labute approximate surface area is 67.9 Å². The summed E-state index contributed by atoms with van der Waals surface area (Å²) in [5.41, 5.74) is 1.65. The fourth-order valence-electron chi connectivity index (χ4n) is 0.562. The van der Waals surface area contributed by atoms with E-state index in [1.807, 2.05) is 0 Å². The molecule has 0 aliphatic rings. The molecular formula is C6H8N2O2S. The largest absolute Gasteiger partial charge is 0.480 e. The molecule has 0 aliphatic heterocycles. The number of thiazole rings is 1. The number of carboxylic acid groups (broad SMARTS) is 1. The zero-order chi connectivity index (χ0) is 8.27. The monoisotopic (exact) mass is 172 g/mol. The highest BCUT2D eigenvalue weighted by Crippen LogP contribution is 2.13. The fraction of sp³-hybridized carbons (Fsp3) is 0.333. The average molecular weight is 172 g/mol. The summed E-state index contributed by atoms with van der Waals surface area (Å²) >= 11 is 1.38. The molecule has 2 N–H and O–H groups in total. The van der Waals surface area contributed by atoms with Crippen LogP contribution in [0.2, 0.25) is 0 Å². The average Bonchev–Trinajstić information content (AvgIpc) is 2.39. The Kier molecular flexibility index (Phi) is 2.43. The maximum Gasteiger partial charge on any atom is 0.325 e. The molecule has 1 aromatic rings. The molecule has 0 radical (unpaired) electrons. The van der Waals surface area contributed by atoms with Crippen LogP contribution in [0.3, 0.4) is 0 Å². The molecule has 11 heavy (non-hydrogen) atoms. The van der Waals surface area contributed by atoms with Crippen LogP contribution in [-0.2, 0) is 4.79 Å². The second kappa shape index (κ2) is 3.34. The van der Waals surface area contributed by atoms with Crippen LogP contribution < -0.4 is 5.32 Å². The number of nitrogens with one attached hydrogen (secondary N) is 1. The van der Waals surface area contributed by atoms with Crippen molar-refractivity contribution in [2.75, 3.05) is 5.32 Å². The van der Waals surface area contributed by atoms with E-state index in [0.717, 1.165) is 5.00 Å². The number of aromatic nitrogens is 1. The quantitative estimate of drug-likeness (QED) is 0.714. The van der Waals surface area contributed by atoms with Crippen molar-refractivity contribution in [1.82, 2.24) is 4.98 Å². The van der Waals surface area contributed by atoms with Gasteiger partial charge < -0.3 is 10.4 Å². The molecular weight excluding hydrogens is 164 g/mol. The Morgan fingerprint density at radius 1 is 1.91 bits per heavy atom. The van der Waals surface area contributed by atoms with Crippen LogP contribution in [0.25, 0.3) is 0 Å². The van der Waals surface area contributed by atoms with Crippen molar-refractivity contribution in [2.24, 2.45) is 0 Å². The summed E-state index contributed by atoms with van der Waals surface area (Å²) < 4.78 is 0. The Morgan fingerprint density at radius 3 is 3.09 bits per heavy atom. The summed E-state index contributed by atoms with van der Waals surface area (Å²) in [6.45, 7) is 1.59. The van der Waals surface area contributed by atoms with E-state index in [9.17, 15) is 4.79 Å². The van der Waals surface area contributed by atoms with Gasteiger partial charge in [0.25, 0.3) is 0 Å². The molecule has 1 atom stereocenters. The molecule has 0 saturated heterocycles. The Bertz CT molecular complexity index is 235. The summed E-state index contributed by atoms with van der Waals surface area (Å²) in [7, 11) is 0. The SMILES string of the molecule is C[C@H](Nc1cncs1)C(=O)O. The van der Waals surface area contributed by atoms with Gasteiger partial charge in [0.2, 0.25) is 0 Å². The first-order chi connectivity index (χ1) is 5.20. The molecule has 1 heterocycles. The number of carbonyl (C=O) groups is 1. The van der Waals surface area contributed by atoms with E-state index in [0.29, 0.717) is 0 Å². The molecule has 0 saturated carbocycles. The lowest BCUT2D eigenvalue weighted by Gasteiger charge is -2.06. The Morgan fingerprint density at radius 2 is 2.64 bits per heavy atom. The van der Waals surface area contributed by atoms with Gasteiger partial charge in [-0.25, -0.2) is 0 Å². The minimum Gasteiger partial charge on any atom is -0.480 e. The van der Waals surface area contributed by atoms with Crippen LogP contribution in [0, 0.1) is 0 Å². The maximum absolute atomic E-state index is 10.3. The van der Waals surface area contributed by atoms with Gasteiger partial charge in [-0.05, 0) is 6.92 Å². The van der Waals surface area contributed by atoms with Gasteiger partial charge in [0.15, 0.2) is 0 Å². The first-order valence-corrected chi connectivity index (χ1v) is 3.96. The van der Waals surface area contributed by atoms with Crippen molar-refractivity contribution in [1.29, 1.82) is 0 Å². The van der Waals surface area contributed by atoms with E-state index in [1.165, 1.54) is 11.3 Å². The van der Waals surface area contributed by atoms with E-state index in [-0.39, 0.29) is 0 Å². The number of anilines is 1. The number of hydrogen-bond acceptors (Lipinski definition) is 4. The number of aliphatic carboxylic acids is 1. The zero-order valence-electron chi connectivity index (χ0n) is 5.94. The van der Waals surface area contributed by atoms with Crippen molar-refractivity contribution in [3.05, 3.63) is 11.7 Å². The first kappa shape index (κ1) is 8.00. The van der Waals surface area contributed by atoms with E-state index < -0.39 is 12.0 Å². The van der Waals surface area contributed by atoms with Crippen LogP contribution in [0.1, 0.15) is 6.92 Å². The van der Waals surface area contributed by atoms with Crippen LogP contribution in [0.15, 0.2) is 11.7 Å². The minimum absolute atomic E-state index is 0.560. The first-order valence-electron chi connectivity index (χ1n) is 3.08. The van der Waals surface area contributed by atoms with E-state index >= 15 is 0 Å². The molecule has 5 heteroatoms. The standard InChI is InChI=1S/C6H8N2O2S/c1-4(6(9)10)8-5-2-7-3-11-5/h2-4,8H,1H3,(H,9,10)/t4-/m0/s1. The number of nitrogens with zero attached hydrogens (tertiary/aromatic N) is 1. The topological polar surface area (TPSA) is 62.2 Å². The predicted molar refractivity (Wildman–Crippen MR) is 42.8 cm³/mol. The van der Waals surface area contributed by atoms with Gasteiger partial charge in [-0.1, -0.05) is 0 Å². The molecule has 0 amide bonds. The minimum atomic E-state index is -0.863. The molecule has 0 fully saturated rings. The van der Waals surface area contributed by atoms with E-state index in [4.69, 9.17) is 5.11 Å². The Balaban J connectivity index is 2.50. The number of carboxylic acids is 1. The van der Waals surface area contributed by atoms with Crippen molar-refractivity contribution >= 4 is 22.3 Å². The summed E-state index contributed by atoms with van der Waals surface area (Å²) in [6, 6.07) is -0.560. The van der Waals surface area contributed by atoms with Crippen LogP contribution >= 0.6 is 11.3 Å². The molecule has 0 bridgehead atoms. The normalized spacial score (nSPS) is 12.5. The highest BCUT2D eigenvalue weighted by atomic mass is 32.1. The summed E-state index contributed by atoms with van der Waals surface area (Å²) in [4.78, 5) is 14.1. The number of rotatable bonds is 3. The van der Waals surface area contributed by atoms with Gasteiger partial charge in [0.05, 0.1) is 11.7 Å². The highest BCUT2D eigenvalue weighted by Gasteiger charge is 2.09. The van der Waals surface area contributed by atoms with Gasteiger partial charge in [-0.2, -0.15) is 0 Å². The van der Waals surface area contributed by atoms with Gasteiger partial charge in [0.1, 0.15) is 11.0 Å². The van der Waals surface area contributed by atoms with Gasteiger partial charge in [0, 0.05) is 0 Å². The Hall–Kier alpha value is -1.10. The molecule has 4 nitrogen and oxygen atoms in total. The predicted octanol–water partition coefficient (Wildman–Crippen LogP) is 1.03. The van der Waals surface area contributed by atoms with E-state index in [2.05, 4.69) is 10.3 Å². The molecule has 1 rings (SSSR count). The van der Waals surface area contributed by atoms with Gasteiger partial charge in [-0.15, -0.1) is 11.3 Å². The number of hydrogen-bond donors (Lipinski definition) is 2. The van der Waals surface area contributed by atoms with Gasteiger partial charge in [-0.3, -0.25) is 9.78 Å². The van der Waals surface area contributed by atoms with Crippen LogP contribution in [0.5, 0.6) is 0 Å². The van der Waals surface area contributed by atoms with Crippen LogP contribution in [-0.4, -0.2) is 22.1 Å². The van der Waals surface area contributed by atoms with Crippen molar-refractivity contribution in [3.63, 3.8) is 0 Å². The molecule has 0 spiro atoms. The third kappa shape index (κ3) is 2.19. The van der Waals surface area contributed by atoms with Crippen molar-refractivity contribution in [2.45, 2.75) is 13.0 Å². The molecule has 0 aliphatic carbocycles. The molecule has 60 valence electrons. The third-order valence-corrected chi connectivity index (χ3v) is 1.87. The molecule has 0 aromatic carbocycles. The lowest BCUT2D eigenvalue weighted by Crippen LogP contribution is -2.24. The second-order valence-corrected chi connectivity index (χ2v) is 2.96. The molecule has 1 aromatic heterocycles. The lowest BCUT2D eigenvalue weighted by atomic mass is 10.3. The highest BCUT2D eigenvalue weighted by molar-refractivity contribution is 7.13. The second-order valence-electron chi connectivity index (χ2n) is 2.07. The third-order valence-electron chi connectivity index (χ3n) is 1.16. The van der Waals surface area contributed by atoms with Gasteiger partial charge >= 0.3 is 5.97 Å². The van der Waals surface area contributed by atoms with Crippen molar-refractivity contribution in [3.8, 4) is 0 Å². The summed E-state index contributed by atoms with van der Waals surface area (Å²) in [6.07, 6.45) is 1.60. The summed E-state index contributed by atoms with van der Waals surface area (Å²) in [5, 5.41) is 12.1. The lowest BCUT2D eigenvalue weighted by molar-refractivity contribution is -0.137. The maximum atomic E-state index is 10.3. The molecule has 0 unspecified atom stereocenters. The van der Waals surface area contributed by atoms with Crippen molar-refractivity contribution < 1.29 is 9.90 Å². The fourth-order valence-corrected chi connectivity index (χ4v) is 1.16.